The molecular weight excluding hydrogens is 340 g/mol. The molecule has 0 fully saturated rings. The van der Waals surface area contributed by atoms with Gasteiger partial charge in [0.05, 0.1) is 23.9 Å². The summed E-state index contributed by atoms with van der Waals surface area (Å²) in [6, 6.07) is 0. The van der Waals surface area contributed by atoms with E-state index < -0.39 is 5.97 Å². The molecular formula is C17H20N4O3S. The van der Waals surface area contributed by atoms with E-state index in [-0.39, 0.29) is 12.0 Å². The number of imidazole rings is 1. The molecule has 3 heterocycles. The minimum atomic E-state index is -0.422. The number of aromatic amines is 1. The van der Waals surface area contributed by atoms with Gasteiger partial charge in [0.2, 0.25) is 0 Å². The lowest BCUT2D eigenvalue weighted by Gasteiger charge is -2.08. The first-order valence-electron chi connectivity index (χ1n) is 7.96. The van der Waals surface area contributed by atoms with Crippen molar-refractivity contribution in [2.24, 2.45) is 0 Å². The van der Waals surface area contributed by atoms with Crippen LogP contribution in [0.5, 0.6) is 0 Å². The summed E-state index contributed by atoms with van der Waals surface area (Å²) in [5.41, 5.74) is 2.78. The van der Waals surface area contributed by atoms with E-state index in [2.05, 4.69) is 15.3 Å². The van der Waals surface area contributed by atoms with Gasteiger partial charge in [-0.15, -0.1) is 11.3 Å². The van der Waals surface area contributed by atoms with Crippen LogP contribution in [-0.2, 0) is 11.3 Å². The minimum absolute atomic E-state index is 0.215. The van der Waals surface area contributed by atoms with Gasteiger partial charge in [0, 0.05) is 23.5 Å². The van der Waals surface area contributed by atoms with Crippen LogP contribution in [0.1, 0.15) is 51.6 Å². The van der Waals surface area contributed by atoms with Crippen molar-refractivity contribution in [1.29, 1.82) is 0 Å². The molecule has 0 spiro atoms. The van der Waals surface area contributed by atoms with Crippen LogP contribution < -0.4 is 5.32 Å². The number of rotatable bonds is 5. The van der Waals surface area contributed by atoms with Crippen LogP contribution in [0.15, 0.2) is 17.8 Å². The van der Waals surface area contributed by atoms with Crippen LogP contribution in [0.3, 0.4) is 0 Å². The highest BCUT2D eigenvalue weighted by molar-refractivity contribution is 7.15. The van der Waals surface area contributed by atoms with E-state index in [0.29, 0.717) is 29.1 Å². The van der Waals surface area contributed by atoms with E-state index in [1.807, 2.05) is 22.2 Å². The Bertz CT molecular complexity index is 907. The van der Waals surface area contributed by atoms with Crippen LogP contribution in [-0.4, -0.2) is 32.3 Å². The molecule has 0 radical (unpaired) electrons. The number of carbonyl (C=O) groups is 2. The number of fused-ring (bicyclic) bond motifs is 1. The maximum atomic E-state index is 12.5. The number of nitrogens with one attached hydrogen (secondary N) is 2. The SMILES string of the molecule is Cc1[nH]c(C(=O)NCc2cn3ccsc3n2)c(C)c1C(=O)OC(C)C. The minimum Gasteiger partial charge on any atom is -0.459 e. The molecule has 0 aliphatic rings. The third-order valence-corrected chi connectivity index (χ3v) is 4.56. The molecule has 3 aromatic heterocycles. The standard InChI is InChI=1S/C17H20N4O3S/c1-9(2)24-16(23)13-10(3)14(19-11(13)4)15(22)18-7-12-8-21-5-6-25-17(21)20-12/h5-6,8-9,19H,7H2,1-4H3,(H,18,22). The fourth-order valence-corrected chi connectivity index (χ4v) is 3.40. The fourth-order valence-electron chi connectivity index (χ4n) is 2.68. The quantitative estimate of drug-likeness (QED) is 0.685. The Morgan fingerprint density at radius 3 is 2.84 bits per heavy atom. The molecule has 0 bridgehead atoms. The number of hydrogen-bond donors (Lipinski definition) is 2. The van der Waals surface area contributed by atoms with Crippen molar-refractivity contribution in [1.82, 2.24) is 19.7 Å². The highest BCUT2D eigenvalue weighted by atomic mass is 32.1. The Morgan fingerprint density at radius 2 is 2.16 bits per heavy atom. The second-order valence-corrected chi connectivity index (χ2v) is 6.96. The van der Waals surface area contributed by atoms with Crippen molar-refractivity contribution in [2.45, 2.75) is 40.3 Å². The Kier molecular flexibility index (Phi) is 4.63. The number of amides is 1. The second kappa shape index (κ2) is 6.72. The zero-order valence-corrected chi connectivity index (χ0v) is 15.4. The van der Waals surface area contributed by atoms with Gasteiger partial charge in [-0.25, -0.2) is 9.78 Å². The molecule has 0 unspecified atom stereocenters. The van der Waals surface area contributed by atoms with Crippen molar-refractivity contribution >= 4 is 28.2 Å². The highest BCUT2D eigenvalue weighted by Gasteiger charge is 2.23. The number of hydrogen-bond acceptors (Lipinski definition) is 5. The van der Waals surface area contributed by atoms with Gasteiger partial charge in [-0.2, -0.15) is 0 Å². The van der Waals surface area contributed by atoms with E-state index in [9.17, 15) is 9.59 Å². The molecule has 0 saturated carbocycles. The van der Waals surface area contributed by atoms with Gasteiger partial charge in [0.1, 0.15) is 5.69 Å². The van der Waals surface area contributed by atoms with Gasteiger partial charge in [0.25, 0.3) is 5.91 Å². The predicted octanol–water partition coefficient (Wildman–Crippen LogP) is 2.84. The van der Waals surface area contributed by atoms with E-state index in [1.165, 1.54) is 11.3 Å². The number of aromatic nitrogens is 3. The van der Waals surface area contributed by atoms with Gasteiger partial charge in [-0.3, -0.25) is 9.20 Å². The number of nitrogens with zero attached hydrogens (tertiary/aromatic N) is 2. The average molecular weight is 360 g/mol. The van der Waals surface area contributed by atoms with Crippen molar-refractivity contribution < 1.29 is 14.3 Å². The monoisotopic (exact) mass is 360 g/mol. The topological polar surface area (TPSA) is 88.5 Å². The molecule has 3 aromatic rings. The van der Waals surface area contributed by atoms with Crippen LogP contribution in [0.2, 0.25) is 0 Å². The zero-order chi connectivity index (χ0) is 18.1. The van der Waals surface area contributed by atoms with Crippen LogP contribution in [0.25, 0.3) is 4.96 Å². The maximum Gasteiger partial charge on any atom is 0.340 e. The van der Waals surface area contributed by atoms with Gasteiger partial charge in [-0.05, 0) is 33.3 Å². The first kappa shape index (κ1) is 17.2. The van der Waals surface area contributed by atoms with E-state index in [1.54, 1.807) is 27.7 Å². The molecule has 25 heavy (non-hydrogen) atoms. The van der Waals surface area contributed by atoms with E-state index >= 15 is 0 Å². The van der Waals surface area contributed by atoms with Crippen LogP contribution in [0.4, 0.5) is 0 Å². The first-order valence-corrected chi connectivity index (χ1v) is 8.84. The first-order chi connectivity index (χ1) is 11.9. The molecule has 0 aliphatic carbocycles. The van der Waals surface area contributed by atoms with Gasteiger partial charge in [-0.1, -0.05) is 0 Å². The summed E-state index contributed by atoms with van der Waals surface area (Å²) < 4.78 is 7.16. The van der Waals surface area contributed by atoms with Crippen LogP contribution in [0, 0.1) is 13.8 Å². The molecule has 7 nitrogen and oxygen atoms in total. The molecule has 0 atom stereocenters. The summed E-state index contributed by atoms with van der Waals surface area (Å²) in [6.45, 7) is 7.39. The molecule has 0 aromatic carbocycles. The Balaban J connectivity index is 1.73. The number of carbonyl (C=O) groups excluding carboxylic acids is 2. The Labute approximate surface area is 149 Å². The Morgan fingerprint density at radius 1 is 1.40 bits per heavy atom. The summed E-state index contributed by atoms with van der Waals surface area (Å²) in [5.74, 6) is -0.699. The lowest BCUT2D eigenvalue weighted by atomic mass is 10.1. The smallest absolute Gasteiger partial charge is 0.340 e. The van der Waals surface area contributed by atoms with E-state index in [4.69, 9.17) is 4.74 Å². The third kappa shape index (κ3) is 3.43. The summed E-state index contributed by atoms with van der Waals surface area (Å²) in [5, 5.41) is 4.79. The van der Waals surface area contributed by atoms with Crippen molar-refractivity contribution in [3.63, 3.8) is 0 Å². The number of esters is 1. The molecule has 132 valence electrons. The largest absolute Gasteiger partial charge is 0.459 e. The number of ether oxygens (including phenoxy) is 1. The van der Waals surface area contributed by atoms with Gasteiger partial charge >= 0.3 is 5.97 Å². The van der Waals surface area contributed by atoms with Crippen LogP contribution >= 0.6 is 11.3 Å². The third-order valence-electron chi connectivity index (χ3n) is 3.78. The second-order valence-electron chi connectivity index (χ2n) is 6.09. The summed E-state index contributed by atoms with van der Waals surface area (Å²) in [6.07, 6.45) is 3.58. The summed E-state index contributed by atoms with van der Waals surface area (Å²) in [4.78, 5) is 33.0. The summed E-state index contributed by atoms with van der Waals surface area (Å²) >= 11 is 1.54. The molecule has 3 rings (SSSR count). The molecule has 1 amide bonds. The van der Waals surface area contributed by atoms with E-state index in [0.717, 1.165) is 10.7 Å². The van der Waals surface area contributed by atoms with Crippen molar-refractivity contribution in [3.05, 3.63) is 46.0 Å². The average Bonchev–Trinajstić information content (AvgIpc) is 3.17. The lowest BCUT2D eigenvalue weighted by molar-refractivity contribution is 0.0376. The Hall–Kier alpha value is -2.61. The number of thiazole rings is 1. The zero-order valence-electron chi connectivity index (χ0n) is 14.5. The van der Waals surface area contributed by atoms with Gasteiger partial charge < -0.3 is 15.0 Å². The number of H-pyrrole nitrogens is 1. The summed E-state index contributed by atoms with van der Waals surface area (Å²) in [7, 11) is 0. The lowest BCUT2D eigenvalue weighted by Crippen LogP contribution is -2.24. The van der Waals surface area contributed by atoms with Gasteiger partial charge in [0.15, 0.2) is 4.96 Å². The highest BCUT2D eigenvalue weighted by Crippen LogP contribution is 2.20. The maximum absolute atomic E-state index is 12.5. The van der Waals surface area contributed by atoms with Crippen molar-refractivity contribution in [2.75, 3.05) is 0 Å². The molecule has 0 saturated heterocycles. The predicted molar refractivity (Wildman–Crippen MR) is 95.1 cm³/mol. The number of aryl methyl sites for hydroxylation is 1. The molecule has 0 aliphatic heterocycles. The molecule has 8 heteroatoms. The van der Waals surface area contributed by atoms with Crippen molar-refractivity contribution in [3.8, 4) is 0 Å². The normalized spacial score (nSPS) is 11.2. The molecule has 2 N–H and O–H groups in total. The fraction of sp³-hybridized carbons (Fsp3) is 0.353.